The summed E-state index contributed by atoms with van der Waals surface area (Å²) in [5, 5.41) is 4.58. The maximum atomic E-state index is 13.0. The molecule has 140 valence electrons. The van der Waals surface area contributed by atoms with Gasteiger partial charge >= 0.3 is 0 Å². The first-order chi connectivity index (χ1) is 13.7. The Morgan fingerprint density at radius 2 is 1.57 bits per heavy atom. The monoisotopic (exact) mass is 390 g/mol. The zero-order valence-corrected chi connectivity index (χ0v) is 15.9. The number of aromatic nitrogens is 2. The maximum Gasteiger partial charge on any atom is 0.280 e. The maximum absolute atomic E-state index is 13.0. The van der Waals surface area contributed by atoms with Crippen LogP contribution in [0.15, 0.2) is 83.7 Å². The highest BCUT2D eigenvalue weighted by Crippen LogP contribution is 2.18. The normalized spacial score (nSPS) is 10.8. The van der Waals surface area contributed by atoms with Gasteiger partial charge in [-0.05, 0) is 36.4 Å². The number of anilines is 1. The summed E-state index contributed by atoms with van der Waals surface area (Å²) in [6.45, 7) is 1.18. The van der Waals surface area contributed by atoms with E-state index < -0.39 is 0 Å². The van der Waals surface area contributed by atoms with Crippen molar-refractivity contribution < 1.29 is 0 Å². The van der Waals surface area contributed by atoms with E-state index in [-0.39, 0.29) is 5.56 Å². The van der Waals surface area contributed by atoms with Crippen molar-refractivity contribution in [3.63, 3.8) is 0 Å². The van der Waals surface area contributed by atoms with Gasteiger partial charge in [-0.15, -0.1) is 0 Å². The first-order valence-electron chi connectivity index (χ1n) is 9.03. The van der Waals surface area contributed by atoms with Crippen LogP contribution in [0.2, 0.25) is 5.02 Å². The fourth-order valence-corrected chi connectivity index (χ4v) is 3.13. The molecule has 6 heteroatoms. The molecule has 0 saturated heterocycles. The lowest BCUT2D eigenvalue weighted by Crippen LogP contribution is -2.34. The highest BCUT2D eigenvalue weighted by molar-refractivity contribution is 6.30. The second-order valence-electron chi connectivity index (χ2n) is 6.30. The van der Waals surface area contributed by atoms with E-state index in [1.165, 1.54) is 4.68 Å². The zero-order valence-electron chi connectivity index (χ0n) is 15.1. The molecule has 1 aromatic heterocycles. The van der Waals surface area contributed by atoms with E-state index in [1.54, 1.807) is 6.07 Å². The SMILES string of the molecule is O=c1c2ccccc2nc(-c2ccccc2)n1NCCNc1ccc(Cl)cc1. The standard InChI is InChI=1S/C22H19ClN4O/c23-17-10-12-18(13-11-17)24-14-15-25-27-21(16-6-2-1-3-7-16)26-20-9-5-4-8-19(20)22(27)28/h1-13,24-25H,14-15H2. The molecule has 0 bridgehead atoms. The van der Waals surface area contributed by atoms with Crippen molar-refractivity contribution in [3.05, 3.63) is 94.2 Å². The largest absolute Gasteiger partial charge is 0.383 e. The third-order valence-electron chi connectivity index (χ3n) is 4.38. The van der Waals surface area contributed by atoms with E-state index in [2.05, 4.69) is 10.7 Å². The van der Waals surface area contributed by atoms with E-state index >= 15 is 0 Å². The van der Waals surface area contributed by atoms with Gasteiger partial charge < -0.3 is 10.7 Å². The molecule has 4 aromatic rings. The molecule has 0 atom stereocenters. The third-order valence-corrected chi connectivity index (χ3v) is 4.63. The van der Waals surface area contributed by atoms with Gasteiger partial charge in [-0.3, -0.25) is 4.79 Å². The lowest BCUT2D eigenvalue weighted by atomic mass is 10.2. The van der Waals surface area contributed by atoms with Crippen LogP contribution in [-0.2, 0) is 0 Å². The van der Waals surface area contributed by atoms with Crippen LogP contribution in [0.4, 0.5) is 5.69 Å². The molecule has 0 aliphatic rings. The lowest BCUT2D eigenvalue weighted by molar-refractivity contribution is 0.805. The Hall–Kier alpha value is -3.31. The zero-order chi connectivity index (χ0) is 19.3. The van der Waals surface area contributed by atoms with Gasteiger partial charge in [0, 0.05) is 29.4 Å². The van der Waals surface area contributed by atoms with Crippen molar-refractivity contribution in [2.24, 2.45) is 0 Å². The van der Waals surface area contributed by atoms with Gasteiger partial charge in [0.15, 0.2) is 5.82 Å². The summed E-state index contributed by atoms with van der Waals surface area (Å²) in [5.41, 5.74) is 5.63. The molecule has 0 fully saturated rings. The van der Waals surface area contributed by atoms with Crippen LogP contribution in [0.5, 0.6) is 0 Å². The van der Waals surface area contributed by atoms with Crippen LogP contribution in [0.1, 0.15) is 0 Å². The van der Waals surface area contributed by atoms with Crippen LogP contribution in [0, 0.1) is 0 Å². The minimum absolute atomic E-state index is 0.115. The predicted octanol–water partition coefficient (Wildman–Crippen LogP) is 4.37. The Balaban J connectivity index is 1.60. The quantitative estimate of drug-likeness (QED) is 0.480. The van der Waals surface area contributed by atoms with E-state index in [4.69, 9.17) is 16.6 Å². The number of hydrogen-bond acceptors (Lipinski definition) is 4. The van der Waals surface area contributed by atoms with Crippen LogP contribution in [-0.4, -0.2) is 22.7 Å². The fraction of sp³-hybridized carbons (Fsp3) is 0.0909. The Morgan fingerprint density at radius 1 is 0.857 bits per heavy atom. The van der Waals surface area contributed by atoms with Crippen molar-refractivity contribution >= 4 is 28.2 Å². The fourth-order valence-electron chi connectivity index (χ4n) is 3.00. The number of nitrogens with one attached hydrogen (secondary N) is 2. The lowest BCUT2D eigenvalue weighted by Gasteiger charge is -2.16. The topological polar surface area (TPSA) is 59.0 Å². The second kappa shape index (κ2) is 8.15. The summed E-state index contributed by atoms with van der Waals surface area (Å²) in [6.07, 6.45) is 0. The summed E-state index contributed by atoms with van der Waals surface area (Å²) >= 11 is 5.91. The van der Waals surface area contributed by atoms with Crippen LogP contribution >= 0.6 is 11.6 Å². The van der Waals surface area contributed by atoms with Crippen molar-refractivity contribution in [2.45, 2.75) is 0 Å². The molecule has 5 nitrogen and oxygen atoms in total. The van der Waals surface area contributed by atoms with Crippen LogP contribution in [0.3, 0.4) is 0 Å². The molecule has 0 amide bonds. The molecule has 0 aliphatic carbocycles. The Morgan fingerprint density at radius 3 is 2.36 bits per heavy atom. The van der Waals surface area contributed by atoms with Gasteiger partial charge in [0.2, 0.25) is 0 Å². The second-order valence-corrected chi connectivity index (χ2v) is 6.74. The first-order valence-corrected chi connectivity index (χ1v) is 9.41. The Kier molecular flexibility index (Phi) is 5.26. The van der Waals surface area contributed by atoms with E-state index in [9.17, 15) is 4.79 Å². The number of nitrogens with zero attached hydrogens (tertiary/aromatic N) is 2. The number of rotatable bonds is 6. The van der Waals surface area contributed by atoms with E-state index in [0.29, 0.717) is 34.8 Å². The molecule has 28 heavy (non-hydrogen) atoms. The Labute approximate surface area is 167 Å². The minimum Gasteiger partial charge on any atom is -0.383 e. The van der Waals surface area contributed by atoms with Gasteiger partial charge in [0.05, 0.1) is 10.9 Å². The third kappa shape index (κ3) is 3.85. The summed E-state index contributed by atoms with van der Waals surface area (Å²) in [4.78, 5) is 17.8. The minimum atomic E-state index is -0.115. The van der Waals surface area contributed by atoms with Gasteiger partial charge in [0.1, 0.15) is 0 Å². The number of halogens is 1. The van der Waals surface area contributed by atoms with E-state index in [1.807, 2.05) is 72.8 Å². The van der Waals surface area contributed by atoms with Crippen molar-refractivity contribution in [1.29, 1.82) is 0 Å². The average Bonchev–Trinajstić information content (AvgIpc) is 2.74. The van der Waals surface area contributed by atoms with Crippen LogP contribution < -0.4 is 16.3 Å². The molecular weight excluding hydrogens is 372 g/mol. The number of para-hydroxylation sites is 1. The van der Waals surface area contributed by atoms with Crippen molar-refractivity contribution in [2.75, 3.05) is 23.8 Å². The highest BCUT2D eigenvalue weighted by Gasteiger charge is 2.12. The van der Waals surface area contributed by atoms with Crippen LogP contribution in [0.25, 0.3) is 22.3 Å². The predicted molar refractivity (Wildman–Crippen MR) is 116 cm³/mol. The molecule has 0 aliphatic heterocycles. The summed E-state index contributed by atoms with van der Waals surface area (Å²) in [7, 11) is 0. The summed E-state index contributed by atoms with van der Waals surface area (Å²) in [5.74, 6) is 0.593. The molecule has 0 spiro atoms. The molecule has 4 rings (SSSR count). The smallest absolute Gasteiger partial charge is 0.280 e. The Bertz CT molecular complexity index is 1140. The molecule has 0 radical (unpaired) electrons. The summed E-state index contributed by atoms with van der Waals surface area (Å²) < 4.78 is 1.53. The summed E-state index contributed by atoms with van der Waals surface area (Å²) in [6, 6.07) is 24.6. The van der Waals surface area contributed by atoms with Crippen molar-refractivity contribution in [3.8, 4) is 11.4 Å². The van der Waals surface area contributed by atoms with Gasteiger partial charge in [-0.25, -0.2) is 9.66 Å². The van der Waals surface area contributed by atoms with Gasteiger partial charge in [0.25, 0.3) is 5.56 Å². The van der Waals surface area contributed by atoms with Gasteiger partial charge in [-0.1, -0.05) is 54.1 Å². The molecule has 0 unspecified atom stereocenters. The molecule has 3 aromatic carbocycles. The molecule has 1 heterocycles. The number of hydrogen-bond donors (Lipinski definition) is 2. The van der Waals surface area contributed by atoms with Crippen molar-refractivity contribution in [1.82, 2.24) is 9.66 Å². The first kappa shape index (κ1) is 18.1. The number of benzene rings is 3. The molecular formula is C22H19ClN4O. The molecule has 2 N–H and O–H groups in total. The van der Waals surface area contributed by atoms with E-state index in [0.717, 1.165) is 11.3 Å². The average molecular weight is 391 g/mol. The number of fused-ring (bicyclic) bond motifs is 1. The van der Waals surface area contributed by atoms with Gasteiger partial charge in [-0.2, -0.15) is 0 Å². The molecule has 0 saturated carbocycles. The highest BCUT2D eigenvalue weighted by atomic mass is 35.5.